The number of carbonyl (C=O) groups excluding carboxylic acids is 1. The zero-order valence-corrected chi connectivity index (χ0v) is 11.8. The van der Waals surface area contributed by atoms with Gasteiger partial charge in [-0.3, -0.25) is 4.79 Å². The third-order valence-corrected chi connectivity index (χ3v) is 3.62. The summed E-state index contributed by atoms with van der Waals surface area (Å²) in [5.41, 5.74) is 1.15. The number of nitrogens with one attached hydrogen (secondary N) is 1. The van der Waals surface area contributed by atoms with Gasteiger partial charge in [0.1, 0.15) is 5.75 Å². The Morgan fingerprint density at radius 1 is 1.33 bits per heavy atom. The molecule has 0 unspecified atom stereocenters. The number of para-hydroxylation sites is 1. The summed E-state index contributed by atoms with van der Waals surface area (Å²) in [6.45, 7) is 1.90. The van der Waals surface area contributed by atoms with Crippen LogP contribution in [0.5, 0.6) is 5.75 Å². The van der Waals surface area contributed by atoms with Gasteiger partial charge in [0.25, 0.3) is 5.91 Å². The van der Waals surface area contributed by atoms with E-state index in [1.165, 1.54) is 6.07 Å². The lowest BCUT2D eigenvalue weighted by Crippen LogP contribution is -2.31. The quantitative estimate of drug-likeness (QED) is 0.903. The Bertz CT molecular complexity index is 668. The van der Waals surface area contributed by atoms with Crippen LogP contribution in [0.25, 0.3) is 0 Å². The number of nitrogens with zero attached hydrogens (tertiary/aromatic N) is 2. The van der Waals surface area contributed by atoms with E-state index in [2.05, 4.69) is 15.3 Å². The molecule has 5 nitrogen and oxygen atoms in total. The third kappa shape index (κ3) is 3.02. The highest BCUT2D eigenvalue weighted by atomic mass is 16.3. The van der Waals surface area contributed by atoms with Crippen molar-refractivity contribution in [3.8, 4) is 5.75 Å². The van der Waals surface area contributed by atoms with E-state index < -0.39 is 0 Å². The highest BCUT2D eigenvalue weighted by molar-refractivity contribution is 5.97. The number of phenols is 1. The molecule has 108 valence electrons. The zero-order chi connectivity index (χ0) is 14.8. The number of hydrogen-bond acceptors (Lipinski definition) is 4. The van der Waals surface area contributed by atoms with Crippen molar-refractivity contribution < 1.29 is 9.90 Å². The summed E-state index contributed by atoms with van der Waals surface area (Å²) < 4.78 is 0. The molecule has 1 atom stereocenters. The third-order valence-electron chi connectivity index (χ3n) is 3.62. The maximum atomic E-state index is 12.3. The monoisotopic (exact) mass is 283 g/mol. The van der Waals surface area contributed by atoms with Crippen molar-refractivity contribution in [3.05, 3.63) is 53.6 Å². The van der Waals surface area contributed by atoms with Crippen LogP contribution in [0, 0.1) is 12.8 Å². The molecule has 1 heterocycles. The van der Waals surface area contributed by atoms with Gasteiger partial charge in [-0.1, -0.05) is 12.1 Å². The van der Waals surface area contributed by atoms with Gasteiger partial charge < -0.3 is 10.4 Å². The number of carbonyl (C=O) groups is 1. The first-order chi connectivity index (χ1) is 10.1. The van der Waals surface area contributed by atoms with Gasteiger partial charge in [0.05, 0.1) is 11.6 Å². The van der Waals surface area contributed by atoms with Gasteiger partial charge in [0.2, 0.25) is 0 Å². The predicted molar refractivity (Wildman–Crippen MR) is 77.8 cm³/mol. The molecule has 1 aromatic heterocycles. The first-order valence-corrected chi connectivity index (χ1v) is 7.03. The second kappa shape index (κ2) is 5.52. The fourth-order valence-corrected chi connectivity index (χ4v) is 2.33. The maximum Gasteiger partial charge on any atom is 0.255 e. The Hall–Kier alpha value is -2.43. The van der Waals surface area contributed by atoms with Crippen LogP contribution >= 0.6 is 0 Å². The normalized spacial score (nSPS) is 15.5. The molecule has 5 heteroatoms. The van der Waals surface area contributed by atoms with Crippen LogP contribution in [-0.4, -0.2) is 21.0 Å². The standard InChI is InChI=1S/C16H17N3O2/c1-10-8-9-17-15(18-10)14(11-6-7-11)19-16(21)12-4-2-3-5-13(12)20/h2-5,8-9,11,14,20H,6-7H2,1H3,(H,19,21)/t14-/m1/s1. The molecule has 0 radical (unpaired) electrons. The molecule has 0 aliphatic heterocycles. The maximum absolute atomic E-state index is 12.3. The van der Waals surface area contributed by atoms with Crippen molar-refractivity contribution in [2.45, 2.75) is 25.8 Å². The second-order valence-electron chi connectivity index (χ2n) is 5.36. The van der Waals surface area contributed by atoms with E-state index in [0.29, 0.717) is 11.7 Å². The molecular formula is C16H17N3O2. The van der Waals surface area contributed by atoms with Crippen molar-refractivity contribution in [1.29, 1.82) is 0 Å². The van der Waals surface area contributed by atoms with E-state index in [1.807, 2.05) is 13.0 Å². The topological polar surface area (TPSA) is 75.1 Å². The van der Waals surface area contributed by atoms with E-state index in [1.54, 1.807) is 24.4 Å². The molecule has 1 aromatic carbocycles. The lowest BCUT2D eigenvalue weighted by Gasteiger charge is -2.17. The second-order valence-corrected chi connectivity index (χ2v) is 5.36. The SMILES string of the molecule is Cc1ccnc([C@H](NC(=O)c2ccccc2O)C2CC2)n1. The number of aromatic hydroxyl groups is 1. The van der Waals surface area contributed by atoms with Gasteiger partial charge in [-0.15, -0.1) is 0 Å². The number of rotatable bonds is 4. The van der Waals surface area contributed by atoms with Crippen LogP contribution in [0.2, 0.25) is 0 Å². The molecule has 1 fully saturated rings. The Kier molecular flexibility index (Phi) is 3.56. The van der Waals surface area contributed by atoms with Gasteiger partial charge in [0, 0.05) is 11.9 Å². The van der Waals surface area contributed by atoms with Crippen LogP contribution < -0.4 is 5.32 Å². The Morgan fingerprint density at radius 3 is 2.76 bits per heavy atom. The minimum Gasteiger partial charge on any atom is -0.507 e. The van der Waals surface area contributed by atoms with Crippen molar-refractivity contribution in [2.24, 2.45) is 5.92 Å². The molecule has 3 rings (SSSR count). The molecule has 1 saturated carbocycles. The van der Waals surface area contributed by atoms with E-state index in [4.69, 9.17) is 0 Å². The largest absolute Gasteiger partial charge is 0.507 e. The number of hydrogen-bond donors (Lipinski definition) is 2. The average molecular weight is 283 g/mol. The number of aryl methyl sites for hydroxylation is 1. The molecule has 2 N–H and O–H groups in total. The van der Waals surface area contributed by atoms with Gasteiger partial charge in [-0.05, 0) is 43.9 Å². The Balaban J connectivity index is 1.83. The summed E-state index contributed by atoms with van der Waals surface area (Å²) in [6.07, 6.45) is 3.82. The summed E-state index contributed by atoms with van der Waals surface area (Å²) in [5, 5.41) is 12.7. The van der Waals surface area contributed by atoms with Crippen LogP contribution in [-0.2, 0) is 0 Å². The fourth-order valence-electron chi connectivity index (χ4n) is 2.33. The molecule has 0 spiro atoms. The molecular weight excluding hydrogens is 266 g/mol. The Morgan fingerprint density at radius 2 is 2.10 bits per heavy atom. The molecule has 0 saturated heterocycles. The Labute approximate surface area is 123 Å². The number of amides is 1. The van der Waals surface area contributed by atoms with E-state index in [9.17, 15) is 9.90 Å². The first-order valence-electron chi connectivity index (χ1n) is 7.03. The fraction of sp³-hybridized carbons (Fsp3) is 0.312. The van der Waals surface area contributed by atoms with Crippen LogP contribution in [0.15, 0.2) is 36.5 Å². The summed E-state index contributed by atoms with van der Waals surface area (Å²) in [5.74, 6) is 0.702. The first kappa shape index (κ1) is 13.5. The summed E-state index contributed by atoms with van der Waals surface area (Å²) >= 11 is 0. The summed E-state index contributed by atoms with van der Waals surface area (Å²) in [7, 11) is 0. The van der Waals surface area contributed by atoms with Crippen LogP contribution in [0.1, 0.15) is 40.8 Å². The molecule has 1 aliphatic carbocycles. The number of aromatic nitrogens is 2. The minimum absolute atomic E-state index is 0.0188. The van der Waals surface area contributed by atoms with Gasteiger partial charge in [-0.25, -0.2) is 9.97 Å². The van der Waals surface area contributed by atoms with Crippen molar-refractivity contribution in [2.75, 3.05) is 0 Å². The molecule has 21 heavy (non-hydrogen) atoms. The zero-order valence-electron chi connectivity index (χ0n) is 11.8. The minimum atomic E-state index is -0.296. The van der Waals surface area contributed by atoms with Crippen molar-refractivity contribution >= 4 is 5.91 Å². The lowest BCUT2D eigenvalue weighted by atomic mass is 10.1. The highest BCUT2D eigenvalue weighted by Crippen LogP contribution is 2.40. The van der Waals surface area contributed by atoms with Gasteiger partial charge >= 0.3 is 0 Å². The number of phenolic OH excluding ortho intramolecular Hbond substituents is 1. The van der Waals surface area contributed by atoms with E-state index in [-0.39, 0.29) is 23.3 Å². The van der Waals surface area contributed by atoms with E-state index >= 15 is 0 Å². The summed E-state index contributed by atoms with van der Waals surface area (Å²) in [6, 6.07) is 8.16. The van der Waals surface area contributed by atoms with Crippen molar-refractivity contribution in [3.63, 3.8) is 0 Å². The highest BCUT2D eigenvalue weighted by Gasteiger charge is 2.35. The van der Waals surface area contributed by atoms with Gasteiger partial charge in [0.15, 0.2) is 5.82 Å². The average Bonchev–Trinajstić information content (AvgIpc) is 3.29. The molecule has 1 aliphatic rings. The van der Waals surface area contributed by atoms with Crippen LogP contribution in [0.4, 0.5) is 0 Å². The van der Waals surface area contributed by atoms with Gasteiger partial charge in [-0.2, -0.15) is 0 Å². The molecule has 2 aromatic rings. The molecule has 0 bridgehead atoms. The molecule has 1 amide bonds. The summed E-state index contributed by atoms with van der Waals surface area (Å²) in [4.78, 5) is 21.0. The number of benzene rings is 1. The van der Waals surface area contributed by atoms with E-state index in [0.717, 1.165) is 18.5 Å². The van der Waals surface area contributed by atoms with Crippen molar-refractivity contribution in [1.82, 2.24) is 15.3 Å². The van der Waals surface area contributed by atoms with Crippen LogP contribution in [0.3, 0.4) is 0 Å². The predicted octanol–water partition coefficient (Wildman–Crippen LogP) is 2.37. The lowest BCUT2D eigenvalue weighted by molar-refractivity contribution is 0.0927. The smallest absolute Gasteiger partial charge is 0.255 e.